The zero-order valence-electron chi connectivity index (χ0n) is 43.0. The molecule has 0 aromatic carbocycles. The number of esters is 1. The molecule has 0 spiro atoms. The number of carbonyl (C=O) groups is 2. The first-order valence-corrected chi connectivity index (χ1v) is 26.9. The maximum atomic E-state index is 13.2. The van der Waals surface area contributed by atoms with Crippen LogP contribution < -0.4 is 5.32 Å². The van der Waals surface area contributed by atoms with Crippen molar-refractivity contribution in [2.45, 2.75) is 232 Å². The molecular formula is C61H99NO5. The Labute approximate surface area is 412 Å². The number of amides is 1. The lowest BCUT2D eigenvalue weighted by atomic mass is 10.0. The lowest BCUT2D eigenvalue weighted by Gasteiger charge is -2.24. The van der Waals surface area contributed by atoms with Crippen LogP contribution in [0.25, 0.3) is 0 Å². The van der Waals surface area contributed by atoms with E-state index in [0.717, 1.165) is 103 Å². The number of aliphatic hydroxyl groups is 2. The molecule has 0 saturated carbocycles. The van der Waals surface area contributed by atoms with E-state index >= 15 is 0 Å². The van der Waals surface area contributed by atoms with Gasteiger partial charge in [-0.3, -0.25) is 9.59 Å². The summed E-state index contributed by atoms with van der Waals surface area (Å²) in [5, 5.41) is 23.8. The van der Waals surface area contributed by atoms with Gasteiger partial charge >= 0.3 is 5.97 Å². The Balaban J connectivity index is 4.84. The van der Waals surface area contributed by atoms with Gasteiger partial charge in [-0.25, -0.2) is 0 Å². The number of hydrogen-bond acceptors (Lipinski definition) is 5. The minimum Gasteiger partial charge on any atom is -0.462 e. The van der Waals surface area contributed by atoms with E-state index in [9.17, 15) is 19.8 Å². The third kappa shape index (κ3) is 48.3. The van der Waals surface area contributed by atoms with Gasteiger partial charge in [-0.1, -0.05) is 231 Å². The van der Waals surface area contributed by atoms with Crippen LogP contribution in [0.2, 0.25) is 0 Å². The Morgan fingerprint density at radius 2 is 0.806 bits per heavy atom. The molecule has 0 aromatic heterocycles. The Bertz CT molecular complexity index is 1460. The smallest absolute Gasteiger partial charge is 0.306 e. The summed E-state index contributed by atoms with van der Waals surface area (Å²) >= 11 is 0. The second kappa shape index (κ2) is 53.0. The van der Waals surface area contributed by atoms with Crippen molar-refractivity contribution in [3.63, 3.8) is 0 Å². The van der Waals surface area contributed by atoms with E-state index < -0.39 is 18.2 Å². The highest BCUT2D eigenvalue weighted by atomic mass is 16.5. The number of hydrogen-bond donors (Lipinski definition) is 3. The van der Waals surface area contributed by atoms with Crippen LogP contribution in [0.5, 0.6) is 0 Å². The minimum absolute atomic E-state index is 0.000852. The van der Waals surface area contributed by atoms with Crippen molar-refractivity contribution in [2.24, 2.45) is 0 Å². The van der Waals surface area contributed by atoms with Crippen molar-refractivity contribution in [1.29, 1.82) is 0 Å². The summed E-state index contributed by atoms with van der Waals surface area (Å²) in [6, 6.07) is -0.744. The second-order valence-corrected chi connectivity index (χ2v) is 17.5. The molecule has 0 heterocycles. The molecule has 378 valence electrons. The Hall–Kier alpha value is -4.00. The largest absolute Gasteiger partial charge is 0.462 e. The highest BCUT2D eigenvalue weighted by Gasteiger charge is 2.23. The lowest BCUT2D eigenvalue weighted by Crippen LogP contribution is -2.46. The number of aliphatic hydroxyl groups excluding tert-OH is 2. The summed E-state index contributed by atoms with van der Waals surface area (Å²) in [4.78, 5) is 26.2. The van der Waals surface area contributed by atoms with Crippen LogP contribution in [0, 0.1) is 0 Å². The molecule has 0 aliphatic heterocycles. The minimum atomic E-state index is -0.824. The van der Waals surface area contributed by atoms with Gasteiger partial charge in [0.05, 0.1) is 25.2 Å². The van der Waals surface area contributed by atoms with Crippen molar-refractivity contribution in [1.82, 2.24) is 5.32 Å². The highest BCUT2D eigenvalue weighted by Crippen LogP contribution is 2.16. The first kappa shape index (κ1) is 63.0. The van der Waals surface area contributed by atoms with Gasteiger partial charge in [-0.15, -0.1) is 0 Å². The summed E-state index contributed by atoms with van der Waals surface area (Å²) in [6.45, 7) is 6.21. The van der Waals surface area contributed by atoms with Gasteiger partial charge in [-0.05, 0) is 103 Å². The fourth-order valence-corrected chi connectivity index (χ4v) is 7.25. The molecule has 6 nitrogen and oxygen atoms in total. The van der Waals surface area contributed by atoms with Crippen LogP contribution in [0.1, 0.15) is 213 Å². The van der Waals surface area contributed by atoms with Gasteiger partial charge in [0, 0.05) is 6.42 Å². The third-order valence-corrected chi connectivity index (χ3v) is 11.2. The normalized spacial score (nSPS) is 14.3. The number of unbranched alkanes of at least 4 members (excludes halogenated alkanes) is 12. The molecule has 0 fully saturated rings. The molecule has 6 heteroatoms. The molecule has 3 atom stereocenters. The van der Waals surface area contributed by atoms with Crippen molar-refractivity contribution in [3.05, 3.63) is 134 Å². The second-order valence-electron chi connectivity index (χ2n) is 17.5. The Morgan fingerprint density at radius 1 is 0.448 bits per heavy atom. The molecule has 0 aromatic rings. The topological polar surface area (TPSA) is 95.9 Å². The maximum Gasteiger partial charge on any atom is 0.306 e. The predicted octanol–water partition coefficient (Wildman–Crippen LogP) is 16.6. The zero-order valence-corrected chi connectivity index (χ0v) is 43.0. The van der Waals surface area contributed by atoms with Crippen LogP contribution in [0.4, 0.5) is 0 Å². The maximum absolute atomic E-state index is 13.2. The Morgan fingerprint density at radius 3 is 1.19 bits per heavy atom. The number of nitrogens with one attached hydrogen (secondary N) is 1. The van der Waals surface area contributed by atoms with Crippen LogP contribution in [0.15, 0.2) is 134 Å². The molecule has 0 aliphatic rings. The van der Waals surface area contributed by atoms with Crippen LogP contribution in [-0.2, 0) is 14.3 Å². The number of ether oxygens (including phenoxy) is 1. The number of carbonyl (C=O) groups excluding carboxylic acids is 2. The van der Waals surface area contributed by atoms with Crippen molar-refractivity contribution >= 4 is 11.9 Å². The Kier molecular flexibility index (Phi) is 49.8. The van der Waals surface area contributed by atoms with E-state index in [1.165, 1.54) is 57.8 Å². The van der Waals surface area contributed by atoms with Gasteiger partial charge in [-0.2, -0.15) is 0 Å². The van der Waals surface area contributed by atoms with Gasteiger partial charge < -0.3 is 20.3 Å². The van der Waals surface area contributed by atoms with E-state index in [-0.39, 0.29) is 31.3 Å². The highest BCUT2D eigenvalue weighted by molar-refractivity contribution is 5.77. The van der Waals surface area contributed by atoms with Crippen LogP contribution in [-0.4, -0.2) is 46.9 Å². The lowest BCUT2D eigenvalue weighted by molar-refractivity contribution is -0.150. The fraction of sp³-hybridized carbons (Fsp3) is 0.607. The average molecular weight is 926 g/mol. The number of allylic oxidation sites excluding steroid dienone is 22. The summed E-state index contributed by atoms with van der Waals surface area (Å²) < 4.78 is 5.87. The fourth-order valence-electron chi connectivity index (χ4n) is 7.25. The molecule has 0 rings (SSSR count). The van der Waals surface area contributed by atoms with E-state index in [4.69, 9.17) is 4.74 Å². The first-order chi connectivity index (χ1) is 33.0. The standard InChI is InChI=1S/C61H99NO5/c1-4-7-10-13-16-19-22-25-27-29-30-32-34-36-39-42-45-48-51-54-61(66)67-57(52-49-46-43-40-37-35-33-31-28-26-23-20-17-14-11-8-5-2)55-60(65)62-58(56-63)59(64)53-50-47-44-41-38-24-21-18-15-12-9-6-3/h7-8,10-11,16-17,19-20,25-28,30,32-33,35-36,39-40,43,45,48,57-59,63-64H,4-6,9,12-15,18,21-24,29,31,34,37-38,41-42,44,46-47,49-56H2,1-3H3,(H,62,65)/b10-7-,11-8-,19-16-,20-17-,27-25-,28-26-,32-30-,35-33-,39-36-,43-40-,48-45-. The van der Waals surface area contributed by atoms with Gasteiger partial charge in [0.1, 0.15) is 6.10 Å². The number of rotatable bonds is 46. The molecule has 0 bridgehead atoms. The SMILES string of the molecule is CC/C=C\C/C=C\C/C=C\C/C=C\C/C=C\C/C=C\CCC(=O)OC(CCC/C=C\C/C=C\C/C=C\C/C=C\C/C=C\CC)CC(=O)NC(CO)C(O)CCCCCCCCCCCCCC. The molecule has 67 heavy (non-hydrogen) atoms. The molecule has 0 aliphatic carbocycles. The predicted molar refractivity (Wildman–Crippen MR) is 291 cm³/mol. The van der Waals surface area contributed by atoms with Crippen LogP contribution in [0.3, 0.4) is 0 Å². The van der Waals surface area contributed by atoms with Crippen molar-refractivity contribution in [3.8, 4) is 0 Å². The van der Waals surface area contributed by atoms with E-state index in [1.807, 2.05) is 6.08 Å². The molecule has 3 unspecified atom stereocenters. The van der Waals surface area contributed by atoms with Crippen LogP contribution >= 0.6 is 0 Å². The van der Waals surface area contributed by atoms with Crippen molar-refractivity contribution < 1.29 is 24.5 Å². The van der Waals surface area contributed by atoms with E-state index in [0.29, 0.717) is 19.3 Å². The van der Waals surface area contributed by atoms with Gasteiger partial charge in [0.25, 0.3) is 0 Å². The monoisotopic (exact) mass is 926 g/mol. The summed E-state index contributed by atoms with van der Waals surface area (Å²) in [7, 11) is 0. The molecular weight excluding hydrogens is 827 g/mol. The third-order valence-electron chi connectivity index (χ3n) is 11.2. The summed E-state index contributed by atoms with van der Waals surface area (Å²) in [5.41, 5.74) is 0. The molecule has 1 amide bonds. The molecule has 0 radical (unpaired) electrons. The first-order valence-electron chi connectivity index (χ1n) is 26.9. The van der Waals surface area contributed by atoms with Gasteiger partial charge in [0.2, 0.25) is 5.91 Å². The molecule has 3 N–H and O–H groups in total. The van der Waals surface area contributed by atoms with Crippen molar-refractivity contribution in [2.75, 3.05) is 6.61 Å². The van der Waals surface area contributed by atoms with Gasteiger partial charge in [0.15, 0.2) is 0 Å². The molecule has 0 saturated heterocycles. The quantitative estimate of drug-likeness (QED) is 0.0321. The summed E-state index contributed by atoms with van der Waals surface area (Å²) in [6.07, 6.45) is 75.2. The summed E-state index contributed by atoms with van der Waals surface area (Å²) in [5.74, 6) is -0.643. The zero-order chi connectivity index (χ0) is 48.8. The van der Waals surface area contributed by atoms with E-state index in [1.54, 1.807) is 0 Å². The van der Waals surface area contributed by atoms with E-state index in [2.05, 4.69) is 154 Å². The average Bonchev–Trinajstić information content (AvgIpc) is 3.32.